The zero-order valence-electron chi connectivity index (χ0n) is 22.8. The van der Waals surface area contributed by atoms with Crippen molar-refractivity contribution in [2.24, 2.45) is 0 Å². The molecule has 0 spiro atoms. The molecule has 2 atom stereocenters. The van der Waals surface area contributed by atoms with E-state index in [9.17, 15) is 14.4 Å². The molecule has 0 aliphatic carbocycles. The van der Waals surface area contributed by atoms with Gasteiger partial charge >= 0.3 is 6.09 Å². The fourth-order valence-electron chi connectivity index (χ4n) is 4.03. The molecule has 3 amide bonds. The largest absolute Gasteiger partial charge is 0.444 e. The van der Waals surface area contributed by atoms with Crippen molar-refractivity contribution in [2.45, 2.75) is 91.6 Å². The molecule has 0 bridgehead atoms. The van der Waals surface area contributed by atoms with Gasteiger partial charge in [-0.05, 0) is 72.1 Å². The molecule has 36 heavy (non-hydrogen) atoms. The van der Waals surface area contributed by atoms with Gasteiger partial charge in [-0.1, -0.05) is 54.6 Å². The first-order valence-electron chi connectivity index (χ1n) is 12.5. The number of alkyl carbamates (subject to hydrolysis) is 1. The highest BCUT2D eigenvalue weighted by Gasteiger charge is 2.38. The second-order valence-electron chi connectivity index (χ2n) is 10.7. The molecule has 2 aromatic rings. The van der Waals surface area contributed by atoms with Gasteiger partial charge in [0, 0.05) is 18.5 Å². The Balaban J connectivity index is 2.54. The summed E-state index contributed by atoms with van der Waals surface area (Å²) < 4.78 is 5.46. The predicted molar refractivity (Wildman–Crippen MR) is 142 cm³/mol. The number of amides is 3. The Labute approximate surface area is 215 Å². The maximum Gasteiger partial charge on any atom is 0.408 e. The summed E-state index contributed by atoms with van der Waals surface area (Å²) in [5.41, 5.74) is 1.81. The number of aryl methyl sites for hydroxylation is 1. The fourth-order valence-corrected chi connectivity index (χ4v) is 4.03. The number of hydrogen-bond acceptors (Lipinski definition) is 4. The maximum absolute atomic E-state index is 14.2. The highest BCUT2D eigenvalue weighted by molar-refractivity contribution is 5.92. The third-order valence-electron chi connectivity index (χ3n) is 5.52. The molecular formula is C29H41N3O4. The third-order valence-corrected chi connectivity index (χ3v) is 5.52. The van der Waals surface area contributed by atoms with Crippen LogP contribution < -0.4 is 10.6 Å². The number of carbonyl (C=O) groups is 3. The molecule has 2 aromatic carbocycles. The van der Waals surface area contributed by atoms with E-state index in [2.05, 4.69) is 10.6 Å². The number of ether oxygens (including phenoxy) is 1. The van der Waals surface area contributed by atoms with Crippen molar-refractivity contribution in [1.29, 1.82) is 0 Å². The van der Waals surface area contributed by atoms with Crippen molar-refractivity contribution in [1.82, 2.24) is 15.5 Å². The maximum atomic E-state index is 14.2. The summed E-state index contributed by atoms with van der Waals surface area (Å²) in [6.07, 6.45) is -0.423. The number of nitrogens with one attached hydrogen (secondary N) is 2. The number of carbonyl (C=O) groups excluding carboxylic acids is 3. The van der Waals surface area contributed by atoms with Crippen molar-refractivity contribution in [3.63, 3.8) is 0 Å². The zero-order chi connectivity index (χ0) is 27.0. The van der Waals surface area contributed by atoms with Gasteiger partial charge in [0.2, 0.25) is 11.8 Å². The topological polar surface area (TPSA) is 87.7 Å². The van der Waals surface area contributed by atoms with Gasteiger partial charge in [0.15, 0.2) is 0 Å². The standard InChI is InChI=1S/C29H41N3O4/c1-19(2)30-26(33)25(23-17-13-12-14-21(23)5)32(20(3)4)27(34)24(18-22-15-10-9-11-16-22)31-28(35)36-29(6,7)8/h9-17,19-20,24-25H,18H2,1-8H3,(H,30,33)(H,31,35). The Kier molecular flexibility index (Phi) is 10.1. The van der Waals surface area contributed by atoms with Crippen LogP contribution >= 0.6 is 0 Å². The molecule has 0 fully saturated rings. The fraction of sp³-hybridized carbons (Fsp3) is 0.483. The SMILES string of the molecule is Cc1ccccc1C(C(=O)NC(C)C)N(C(=O)C(Cc1ccccc1)NC(=O)OC(C)(C)C)C(C)C. The highest BCUT2D eigenvalue weighted by Crippen LogP contribution is 2.28. The normalized spacial score (nSPS) is 13.2. The van der Waals surface area contributed by atoms with E-state index in [-0.39, 0.29) is 30.3 Å². The number of nitrogens with zero attached hydrogens (tertiary/aromatic N) is 1. The van der Waals surface area contributed by atoms with E-state index in [1.807, 2.05) is 89.2 Å². The Bertz CT molecular complexity index is 1030. The first-order chi connectivity index (χ1) is 16.8. The van der Waals surface area contributed by atoms with E-state index in [0.717, 1.165) is 16.7 Å². The molecule has 7 nitrogen and oxygen atoms in total. The molecule has 0 radical (unpaired) electrons. The molecule has 196 valence electrons. The van der Waals surface area contributed by atoms with E-state index < -0.39 is 23.8 Å². The lowest BCUT2D eigenvalue weighted by Crippen LogP contribution is -2.56. The van der Waals surface area contributed by atoms with Crippen molar-refractivity contribution in [3.05, 3.63) is 71.3 Å². The number of benzene rings is 2. The summed E-state index contributed by atoms with van der Waals surface area (Å²) in [6, 6.07) is 14.8. The first kappa shape index (κ1) is 28.9. The lowest BCUT2D eigenvalue weighted by atomic mass is 9.95. The summed E-state index contributed by atoms with van der Waals surface area (Å²) in [7, 11) is 0. The Morgan fingerprint density at radius 1 is 0.889 bits per heavy atom. The lowest BCUT2D eigenvalue weighted by molar-refractivity contribution is -0.144. The minimum absolute atomic E-state index is 0.104. The monoisotopic (exact) mass is 495 g/mol. The van der Waals surface area contributed by atoms with Crippen molar-refractivity contribution in [3.8, 4) is 0 Å². The predicted octanol–water partition coefficient (Wildman–Crippen LogP) is 4.93. The van der Waals surface area contributed by atoms with Crippen LogP contribution in [-0.4, -0.2) is 46.5 Å². The first-order valence-corrected chi connectivity index (χ1v) is 12.5. The molecule has 0 aromatic heterocycles. The molecule has 0 aliphatic rings. The van der Waals surface area contributed by atoms with Gasteiger partial charge in [0.25, 0.3) is 0 Å². The van der Waals surface area contributed by atoms with Gasteiger partial charge in [-0.15, -0.1) is 0 Å². The summed E-state index contributed by atoms with van der Waals surface area (Å²) >= 11 is 0. The second kappa shape index (κ2) is 12.6. The van der Waals surface area contributed by atoms with Crippen LogP contribution in [0.15, 0.2) is 54.6 Å². The van der Waals surface area contributed by atoms with Crippen LogP contribution in [0.4, 0.5) is 4.79 Å². The van der Waals surface area contributed by atoms with Gasteiger partial charge in [0.05, 0.1) is 0 Å². The van der Waals surface area contributed by atoms with Crippen LogP contribution in [0.3, 0.4) is 0 Å². The van der Waals surface area contributed by atoms with Gasteiger partial charge in [-0.25, -0.2) is 4.79 Å². The molecule has 0 aliphatic heterocycles. The van der Waals surface area contributed by atoms with Gasteiger partial charge in [0.1, 0.15) is 17.7 Å². The average Bonchev–Trinajstić information content (AvgIpc) is 2.76. The van der Waals surface area contributed by atoms with Crippen LogP contribution in [0.25, 0.3) is 0 Å². The Hall–Kier alpha value is -3.35. The smallest absolute Gasteiger partial charge is 0.408 e. The van der Waals surface area contributed by atoms with Gasteiger partial charge < -0.3 is 20.3 Å². The van der Waals surface area contributed by atoms with Crippen LogP contribution in [0.1, 0.15) is 71.2 Å². The van der Waals surface area contributed by atoms with E-state index >= 15 is 0 Å². The minimum Gasteiger partial charge on any atom is -0.444 e. The Morgan fingerprint density at radius 3 is 2.00 bits per heavy atom. The van der Waals surface area contributed by atoms with Crippen molar-refractivity contribution < 1.29 is 19.1 Å². The van der Waals surface area contributed by atoms with Crippen molar-refractivity contribution >= 4 is 17.9 Å². The Morgan fingerprint density at radius 2 is 1.47 bits per heavy atom. The molecule has 7 heteroatoms. The lowest BCUT2D eigenvalue weighted by Gasteiger charge is -2.38. The van der Waals surface area contributed by atoms with Crippen LogP contribution in [-0.2, 0) is 20.7 Å². The second-order valence-corrected chi connectivity index (χ2v) is 10.7. The zero-order valence-corrected chi connectivity index (χ0v) is 22.8. The van der Waals surface area contributed by atoms with Gasteiger partial charge in [-0.2, -0.15) is 0 Å². The third kappa shape index (κ3) is 8.40. The van der Waals surface area contributed by atoms with Crippen molar-refractivity contribution in [2.75, 3.05) is 0 Å². The number of hydrogen-bond donors (Lipinski definition) is 2. The quantitative estimate of drug-likeness (QED) is 0.516. The van der Waals surface area contributed by atoms with E-state index in [1.54, 1.807) is 25.7 Å². The molecule has 0 saturated carbocycles. The van der Waals surface area contributed by atoms with Crippen LogP contribution in [0.5, 0.6) is 0 Å². The number of rotatable bonds is 9. The summed E-state index contributed by atoms with van der Waals surface area (Å²) in [4.78, 5) is 42.0. The average molecular weight is 496 g/mol. The molecule has 0 heterocycles. The molecule has 2 rings (SSSR count). The van der Waals surface area contributed by atoms with E-state index in [1.165, 1.54) is 0 Å². The van der Waals surface area contributed by atoms with Gasteiger partial charge in [-0.3, -0.25) is 9.59 Å². The summed E-state index contributed by atoms with van der Waals surface area (Å²) in [5, 5.41) is 5.75. The van der Waals surface area contributed by atoms with Crippen LogP contribution in [0.2, 0.25) is 0 Å². The minimum atomic E-state index is -0.928. The summed E-state index contributed by atoms with van der Waals surface area (Å²) in [6.45, 7) is 14.8. The van der Waals surface area contributed by atoms with E-state index in [0.29, 0.717) is 0 Å². The molecule has 2 unspecified atom stereocenters. The highest BCUT2D eigenvalue weighted by atomic mass is 16.6. The molecular weight excluding hydrogens is 454 g/mol. The molecule has 0 saturated heterocycles. The van der Waals surface area contributed by atoms with Crippen LogP contribution in [0, 0.1) is 6.92 Å². The van der Waals surface area contributed by atoms with E-state index in [4.69, 9.17) is 4.74 Å². The summed E-state index contributed by atoms with van der Waals surface area (Å²) in [5.74, 6) is -0.621. The molecule has 2 N–H and O–H groups in total.